The molecule has 0 bridgehead atoms. The molecule has 26 heavy (non-hydrogen) atoms. The lowest BCUT2D eigenvalue weighted by molar-refractivity contribution is 0.174. The first-order chi connectivity index (χ1) is 12.5. The average molecular weight is 456 g/mol. The van der Waals surface area contributed by atoms with Gasteiger partial charge in [0.25, 0.3) is 0 Å². The summed E-state index contributed by atoms with van der Waals surface area (Å²) in [5.74, 6) is 2.30. The molecule has 0 amide bonds. The Labute approximate surface area is 165 Å². The van der Waals surface area contributed by atoms with Crippen LogP contribution in [-0.4, -0.2) is 38.4 Å². The fourth-order valence-electron chi connectivity index (χ4n) is 3.13. The fraction of sp³-hybridized carbons (Fsp3) is 0.333. The van der Waals surface area contributed by atoms with Crippen molar-refractivity contribution in [3.63, 3.8) is 0 Å². The zero-order valence-corrected chi connectivity index (χ0v) is 17.1. The van der Waals surface area contributed by atoms with Crippen LogP contribution in [0.3, 0.4) is 0 Å². The van der Waals surface area contributed by atoms with Crippen LogP contribution in [-0.2, 0) is 10.0 Å². The third kappa shape index (κ3) is 3.60. The summed E-state index contributed by atoms with van der Waals surface area (Å²) in [6.07, 6.45) is 0.764. The van der Waals surface area contributed by atoms with Crippen LogP contribution in [0.25, 0.3) is 0 Å². The number of thioether (sulfide) groups is 1. The van der Waals surface area contributed by atoms with Gasteiger partial charge in [-0.2, -0.15) is 16.1 Å². The first-order valence-corrected chi connectivity index (χ1v) is 11.6. The summed E-state index contributed by atoms with van der Waals surface area (Å²) in [4.78, 5) is 0.340. The minimum absolute atomic E-state index is 0.245. The number of benzene rings is 2. The number of rotatable bonds is 3. The number of ether oxygens (including phenoxy) is 2. The third-order valence-electron chi connectivity index (χ3n) is 4.52. The Morgan fingerprint density at radius 1 is 1.04 bits per heavy atom. The van der Waals surface area contributed by atoms with E-state index in [1.807, 2.05) is 18.2 Å². The maximum absolute atomic E-state index is 12.9. The lowest BCUT2D eigenvalue weighted by atomic mass is 10.1. The van der Waals surface area contributed by atoms with Crippen molar-refractivity contribution in [1.82, 2.24) is 4.31 Å². The van der Waals surface area contributed by atoms with Crippen molar-refractivity contribution >= 4 is 37.7 Å². The van der Waals surface area contributed by atoms with E-state index in [-0.39, 0.29) is 12.0 Å². The van der Waals surface area contributed by atoms with Crippen molar-refractivity contribution in [3.05, 3.63) is 52.5 Å². The topological polar surface area (TPSA) is 55.8 Å². The van der Waals surface area contributed by atoms with Crippen LogP contribution in [0.5, 0.6) is 11.5 Å². The molecular weight excluding hydrogens is 438 g/mol. The van der Waals surface area contributed by atoms with Crippen molar-refractivity contribution in [2.75, 3.05) is 25.6 Å². The number of hydrogen-bond acceptors (Lipinski definition) is 5. The van der Waals surface area contributed by atoms with Crippen LogP contribution >= 0.6 is 27.7 Å². The molecular formula is C18H18BrNO4S2. The van der Waals surface area contributed by atoms with Crippen LogP contribution in [0.1, 0.15) is 17.2 Å². The van der Waals surface area contributed by atoms with E-state index in [1.54, 1.807) is 40.3 Å². The van der Waals surface area contributed by atoms with Crippen molar-refractivity contribution in [3.8, 4) is 11.5 Å². The molecule has 2 aliphatic heterocycles. The molecule has 5 nitrogen and oxygen atoms in total. The second-order valence-electron chi connectivity index (χ2n) is 6.12. The number of fused-ring (bicyclic) bond motifs is 1. The summed E-state index contributed by atoms with van der Waals surface area (Å²) in [6.45, 7) is 1.28. The molecule has 1 saturated heterocycles. The second kappa shape index (κ2) is 7.42. The van der Waals surface area contributed by atoms with E-state index in [4.69, 9.17) is 9.47 Å². The first-order valence-electron chi connectivity index (χ1n) is 8.31. The zero-order chi connectivity index (χ0) is 18.1. The molecule has 1 unspecified atom stereocenters. The van der Waals surface area contributed by atoms with Gasteiger partial charge in [0.15, 0.2) is 11.5 Å². The van der Waals surface area contributed by atoms with Gasteiger partial charge in [0.1, 0.15) is 0 Å². The summed E-state index contributed by atoms with van der Waals surface area (Å²) in [5, 5.41) is 0.245. The Morgan fingerprint density at radius 3 is 2.62 bits per heavy atom. The van der Waals surface area contributed by atoms with Crippen molar-refractivity contribution in [2.24, 2.45) is 0 Å². The van der Waals surface area contributed by atoms with Gasteiger partial charge < -0.3 is 9.47 Å². The molecule has 1 atom stereocenters. The number of sulfonamides is 1. The van der Waals surface area contributed by atoms with E-state index in [0.717, 1.165) is 33.7 Å². The maximum atomic E-state index is 12.9. The van der Waals surface area contributed by atoms with Crippen LogP contribution < -0.4 is 9.47 Å². The van der Waals surface area contributed by atoms with E-state index < -0.39 is 10.0 Å². The molecule has 2 aromatic carbocycles. The Hall–Kier alpha value is -1.22. The molecule has 2 heterocycles. The summed E-state index contributed by atoms with van der Waals surface area (Å²) in [5.41, 5.74) is 1.15. The molecule has 0 saturated carbocycles. The summed E-state index contributed by atoms with van der Waals surface area (Å²) in [7, 11) is -3.46. The van der Waals surface area contributed by atoms with E-state index in [1.165, 1.54) is 0 Å². The van der Waals surface area contributed by atoms with Gasteiger partial charge in [-0.05, 0) is 48.4 Å². The molecule has 0 N–H and O–H groups in total. The van der Waals surface area contributed by atoms with Crippen molar-refractivity contribution in [2.45, 2.75) is 16.6 Å². The summed E-state index contributed by atoms with van der Waals surface area (Å²) >= 11 is 5.13. The molecule has 0 aliphatic carbocycles. The van der Waals surface area contributed by atoms with Crippen molar-refractivity contribution < 1.29 is 17.9 Å². The molecule has 1 fully saturated rings. The summed E-state index contributed by atoms with van der Waals surface area (Å²) in [6, 6.07) is 12.8. The van der Waals surface area contributed by atoms with Gasteiger partial charge in [-0.25, -0.2) is 8.42 Å². The summed E-state index contributed by atoms with van der Waals surface area (Å²) < 4.78 is 39.1. The number of nitrogens with zero attached hydrogens (tertiary/aromatic N) is 1. The van der Waals surface area contributed by atoms with Crippen molar-refractivity contribution in [1.29, 1.82) is 0 Å². The Bertz CT molecular complexity index is 902. The van der Waals surface area contributed by atoms with Gasteiger partial charge in [-0.1, -0.05) is 22.0 Å². The Kier molecular flexibility index (Phi) is 5.18. The molecule has 4 rings (SSSR count). The van der Waals surface area contributed by atoms with Gasteiger partial charge in [0.2, 0.25) is 16.8 Å². The highest BCUT2D eigenvalue weighted by atomic mass is 79.9. The first kappa shape index (κ1) is 18.2. The fourth-order valence-corrected chi connectivity index (χ4v) is 6.18. The van der Waals surface area contributed by atoms with Gasteiger partial charge in [-0.15, -0.1) is 0 Å². The SMILES string of the molecule is O=S(=O)(c1ccc(Br)cc1)N1CCSC(c2ccc3c(c2)OCO3)CC1. The highest BCUT2D eigenvalue weighted by molar-refractivity contribution is 9.10. The predicted octanol–water partition coefficient (Wildman–Crippen LogP) is 4.05. The van der Waals surface area contributed by atoms with E-state index in [9.17, 15) is 8.42 Å². The van der Waals surface area contributed by atoms with Gasteiger partial charge >= 0.3 is 0 Å². The molecule has 2 aromatic rings. The Morgan fingerprint density at radius 2 is 1.81 bits per heavy atom. The molecule has 8 heteroatoms. The number of hydrogen-bond donors (Lipinski definition) is 0. The number of halogens is 1. The third-order valence-corrected chi connectivity index (χ3v) is 8.29. The van der Waals surface area contributed by atoms with Crippen LogP contribution in [0.2, 0.25) is 0 Å². The van der Waals surface area contributed by atoms with Crippen LogP contribution in [0, 0.1) is 0 Å². The molecule has 0 aromatic heterocycles. The molecule has 138 valence electrons. The van der Waals surface area contributed by atoms with Gasteiger partial charge in [0.05, 0.1) is 4.90 Å². The standard InChI is InChI=1S/C18H18BrNO4S2/c19-14-2-4-15(5-3-14)26(21,22)20-8-7-18(25-10-9-20)13-1-6-16-17(11-13)24-12-23-16/h1-6,11,18H,7-10,12H2. The molecule has 0 spiro atoms. The smallest absolute Gasteiger partial charge is 0.243 e. The highest BCUT2D eigenvalue weighted by Crippen LogP contribution is 2.40. The highest BCUT2D eigenvalue weighted by Gasteiger charge is 2.29. The maximum Gasteiger partial charge on any atom is 0.243 e. The molecule has 2 aliphatic rings. The second-order valence-corrected chi connectivity index (χ2v) is 10.3. The minimum atomic E-state index is -3.46. The monoisotopic (exact) mass is 455 g/mol. The Balaban J connectivity index is 1.50. The lowest BCUT2D eigenvalue weighted by Gasteiger charge is -2.20. The average Bonchev–Trinajstić information content (AvgIpc) is 2.96. The normalized spacial score (nSPS) is 20.7. The van der Waals surface area contributed by atoms with E-state index in [0.29, 0.717) is 18.0 Å². The van der Waals surface area contributed by atoms with Crippen LogP contribution in [0.4, 0.5) is 0 Å². The van der Waals surface area contributed by atoms with Gasteiger partial charge in [-0.3, -0.25) is 0 Å². The van der Waals surface area contributed by atoms with E-state index in [2.05, 4.69) is 15.9 Å². The lowest BCUT2D eigenvalue weighted by Crippen LogP contribution is -2.33. The quantitative estimate of drug-likeness (QED) is 0.698. The van der Waals surface area contributed by atoms with E-state index >= 15 is 0 Å². The predicted molar refractivity (Wildman–Crippen MR) is 105 cm³/mol. The minimum Gasteiger partial charge on any atom is -0.454 e. The zero-order valence-electron chi connectivity index (χ0n) is 13.9. The van der Waals surface area contributed by atoms with Crippen LogP contribution in [0.15, 0.2) is 51.8 Å². The van der Waals surface area contributed by atoms with Gasteiger partial charge in [0, 0.05) is 28.6 Å². The largest absolute Gasteiger partial charge is 0.454 e. The molecule has 0 radical (unpaired) electrons.